The number of benzene rings is 1. The Hall–Kier alpha value is -2.03. The maximum Gasteiger partial charge on any atom is 0.353 e. The van der Waals surface area contributed by atoms with Crippen molar-refractivity contribution in [3.05, 3.63) is 46.6 Å². The van der Waals surface area contributed by atoms with Gasteiger partial charge in [0.1, 0.15) is 23.2 Å². The van der Waals surface area contributed by atoms with Gasteiger partial charge in [0, 0.05) is 5.75 Å². The molecular formula is C21H24ClN3O4S. The number of hydrogen-bond donors (Lipinski definition) is 2. The van der Waals surface area contributed by atoms with Gasteiger partial charge in [-0.25, -0.2) is 4.79 Å². The zero-order valence-electron chi connectivity index (χ0n) is 17.0. The number of β-lactam (4-membered cyclic amide) rings is 1. The molecule has 1 aromatic rings. The molecule has 2 fully saturated rings. The number of amides is 2. The van der Waals surface area contributed by atoms with Crippen LogP contribution in [-0.2, 0) is 14.4 Å². The van der Waals surface area contributed by atoms with E-state index < -0.39 is 35.0 Å². The molecule has 0 bridgehead atoms. The molecular weight excluding hydrogens is 426 g/mol. The number of rotatable bonds is 5. The number of hydrogen-bond acceptors (Lipinski definition) is 5. The molecule has 30 heavy (non-hydrogen) atoms. The molecule has 0 aromatic heterocycles. The molecule has 2 amide bonds. The third-order valence-electron chi connectivity index (χ3n) is 5.78. The van der Waals surface area contributed by atoms with Gasteiger partial charge in [-0.05, 0) is 24.8 Å². The lowest BCUT2D eigenvalue weighted by atomic mass is 9.94. The molecule has 9 heteroatoms. The minimum Gasteiger partial charge on any atom is -0.477 e. The van der Waals surface area contributed by atoms with Gasteiger partial charge in [-0.2, -0.15) is 0 Å². The van der Waals surface area contributed by atoms with Crippen molar-refractivity contribution in [3.63, 3.8) is 0 Å². The van der Waals surface area contributed by atoms with E-state index in [-0.39, 0.29) is 22.6 Å². The molecule has 0 radical (unpaired) electrons. The van der Waals surface area contributed by atoms with E-state index >= 15 is 0 Å². The van der Waals surface area contributed by atoms with Crippen LogP contribution in [0.5, 0.6) is 0 Å². The van der Waals surface area contributed by atoms with Gasteiger partial charge in [0.05, 0.1) is 10.7 Å². The molecule has 3 aliphatic rings. The van der Waals surface area contributed by atoms with Gasteiger partial charge in [-0.15, -0.1) is 11.8 Å². The molecule has 4 atom stereocenters. The number of carboxylic acid groups (broad SMARTS) is 1. The number of nitrogens with one attached hydrogen (secondary N) is 1. The lowest BCUT2D eigenvalue weighted by Gasteiger charge is -2.54. The molecule has 0 aliphatic carbocycles. The Morgan fingerprint density at radius 3 is 2.57 bits per heavy atom. The van der Waals surface area contributed by atoms with E-state index in [9.17, 15) is 19.5 Å². The number of carbonyl (C=O) groups is 3. The summed E-state index contributed by atoms with van der Waals surface area (Å²) < 4.78 is 0. The van der Waals surface area contributed by atoms with Crippen LogP contribution < -0.4 is 5.32 Å². The summed E-state index contributed by atoms with van der Waals surface area (Å²) in [6, 6.07) is 8.16. The highest BCUT2D eigenvalue weighted by Crippen LogP contribution is 2.47. The summed E-state index contributed by atoms with van der Waals surface area (Å²) in [6.07, 6.45) is 0.658. The highest BCUT2D eigenvalue weighted by molar-refractivity contribution is 8.00. The van der Waals surface area contributed by atoms with Crippen LogP contribution in [0.3, 0.4) is 0 Å². The van der Waals surface area contributed by atoms with Crippen LogP contribution in [0.1, 0.15) is 38.8 Å². The molecule has 3 heterocycles. The number of thioether (sulfide) groups is 1. The lowest BCUT2D eigenvalue weighted by Crippen LogP contribution is -2.74. The first-order chi connectivity index (χ1) is 14.2. The van der Waals surface area contributed by atoms with Gasteiger partial charge >= 0.3 is 5.97 Å². The van der Waals surface area contributed by atoms with E-state index in [1.165, 1.54) is 16.7 Å². The summed E-state index contributed by atoms with van der Waals surface area (Å²) in [7, 11) is 0. The predicted molar refractivity (Wildman–Crippen MR) is 114 cm³/mol. The fraction of sp³-hybridized carbons (Fsp3) is 0.476. The molecule has 0 saturated carbocycles. The zero-order chi connectivity index (χ0) is 21.8. The Balaban J connectivity index is 1.70. The van der Waals surface area contributed by atoms with Crippen LogP contribution >= 0.6 is 23.4 Å². The second-order valence-electron chi connectivity index (χ2n) is 8.48. The molecule has 2 unspecified atom stereocenters. The van der Waals surface area contributed by atoms with Crippen LogP contribution in [0.2, 0.25) is 0 Å². The van der Waals surface area contributed by atoms with Crippen molar-refractivity contribution in [2.75, 3.05) is 5.75 Å². The first-order valence-corrected chi connectivity index (χ1v) is 11.3. The van der Waals surface area contributed by atoms with E-state index in [1.807, 2.05) is 37.3 Å². The standard InChI is InChI=1S/C21H24ClN3O4S/c1-11(2)9-21(3)23-14(12-7-5-4-6-8-12)17(26)25(21)16-18(27)24-15(20(28)29)13(22)10-30-19(16)24/h4-8,11,14,16,19,23H,9-10H2,1-3H3,(H,28,29)/t14?,16-,19+,21?/m1/s1. The quantitative estimate of drug-likeness (QED) is 0.672. The fourth-order valence-electron chi connectivity index (χ4n) is 4.76. The first kappa shape index (κ1) is 21.2. The molecule has 160 valence electrons. The predicted octanol–water partition coefficient (Wildman–Crippen LogP) is 2.74. The minimum absolute atomic E-state index is 0.147. The number of fused-ring (bicyclic) bond motifs is 1. The lowest BCUT2D eigenvalue weighted by molar-refractivity contribution is -0.163. The van der Waals surface area contributed by atoms with Crippen LogP contribution in [0, 0.1) is 5.92 Å². The monoisotopic (exact) mass is 449 g/mol. The summed E-state index contributed by atoms with van der Waals surface area (Å²) in [4.78, 5) is 41.2. The summed E-state index contributed by atoms with van der Waals surface area (Å²) in [5.74, 6) is -1.22. The fourth-order valence-corrected chi connectivity index (χ4v) is 6.35. The average Bonchev–Trinajstić information content (AvgIpc) is 2.93. The van der Waals surface area contributed by atoms with E-state index in [0.29, 0.717) is 12.2 Å². The second kappa shape index (κ2) is 7.59. The zero-order valence-corrected chi connectivity index (χ0v) is 18.5. The summed E-state index contributed by atoms with van der Waals surface area (Å²) in [6.45, 7) is 6.08. The van der Waals surface area contributed by atoms with Gasteiger partial charge in [0.15, 0.2) is 0 Å². The maximum atomic E-state index is 13.6. The number of aliphatic carboxylic acids is 1. The van der Waals surface area contributed by atoms with Crippen molar-refractivity contribution in [3.8, 4) is 0 Å². The molecule has 0 spiro atoms. The number of nitrogens with zero attached hydrogens (tertiary/aromatic N) is 2. The normalized spacial score (nSPS) is 31.3. The van der Waals surface area contributed by atoms with Crippen molar-refractivity contribution in [2.24, 2.45) is 5.92 Å². The van der Waals surface area contributed by atoms with E-state index in [4.69, 9.17) is 11.6 Å². The summed E-state index contributed by atoms with van der Waals surface area (Å²) in [5, 5.41) is 12.7. The molecule has 4 rings (SSSR count). The van der Waals surface area contributed by atoms with Gasteiger partial charge in [0.25, 0.3) is 5.91 Å². The maximum absolute atomic E-state index is 13.6. The molecule has 7 nitrogen and oxygen atoms in total. The number of carbonyl (C=O) groups excluding carboxylic acids is 2. The Kier molecular flexibility index (Phi) is 5.36. The van der Waals surface area contributed by atoms with Crippen LogP contribution in [-0.4, -0.2) is 55.5 Å². The van der Waals surface area contributed by atoms with Crippen LogP contribution in [0.15, 0.2) is 41.1 Å². The highest BCUT2D eigenvalue weighted by Gasteiger charge is 2.63. The van der Waals surface area contributed by atoms with Crippen LogP contribution in [0.4, 0.5) is 0 Å². The third kappa shape index (κ3) is 3.21. The third-order valence-corrected chi connectivity index (χ3v) is 7.52. The Labute approximate surface area is 184 Å². The molecule has 3 aliphatic heterocycles. The van der Waals surface area contributed by atoms with Crippen molar-refractivity contribution >= 4 is 41.1 Å². The summed E-state index contributed by atoms with van der Waals surface area (Å²) >= 11 is 7.48. The van der Waals surface area contributed by atoms with E-state index in [1.54, 1.807) is 4.90 Å². The molecule has 1 aromatic carbocycles. The van der Waals surface area contributed by atoms with Crippen molar-refractivity contribution in [1.82, 2.24) is 15.1 Å². The topological polar surface area (TPSA) is 90.0 Å². The van der Waals surface area contributed by atoms with Gasteiger partial charge in [0.2, 0.25) is 5.91 Å². The van der Waals surface area contributed by atoms with Gasteiger partial charge in [-0.3, -0.25) is 19.8 Å². The Morgan fingerprint density at radius 2 is 1.97 bits per heavy atom. The highest BCUT2D eigenvalue weighted by atomic mass is 35.5. The number of carboxylic acids is 1. The molecule has 2 N–H and O–H groups in total. The number of halogens is 1. The SMILES string of the molecule is CC(C)CC1(C)NC(c2ccccc2)C(=O)N1[C@@H]1C(=O)N2C(C(=O)O)=C(Cl)CS[C@@H]12. The smallest absolute Gasteiger partial charge is 0.353 e. The van der Waals surface area contributed by atoms with Crippen LogP contribution in [0.25, 0.3) is 0 Å². The van der Waals surface area contributed by atoms with Gasteiger partial charge in [-0.1, -0.05) is 55.8 Å². The minimum atomic E-state index is -1.23. The largest absolute Gasteiger partial charge is 0.477 e. The van der Waals surface area contributed by atoms with Crippen molar-refractivity contribution in [1.29, 1.82) is 0 Å². The Bertz CT molecular complexity index is 937. The Morgan fingerprint density at radius 1 is 1.30 bits per heavy atom. The van der Waals surface area contributed by atoms with Crippen molar-refractivity contribution < 1.29 is 19.5 Å². The average molecular weight is 450 g/mol. The van der Waals surface area contributed by atoms with E-state index in [2.05, 4.69) is 19.2 Å². The molecule has 2 saturated heterocycles. The first-order valence-electron chi connectivity index (χ1n) is 9.88. The van der Waals surface area contributed by atoms with Crippen molar-refractivity contribution in [2.45, 2.75) is 50.3 Å². The second-order valence-corrected chi connectivity index (χ2v) is 10.0. The summed E-state index contributed by atoms with van der Waals surface area (Å²) in [5.41, 5.74) is -0.0619. The van der Waals surface area contributed by atoms with E-state index in [0.717, 1.165) is 5.56 Å². The van der Waals surface area contributed by atoms with Gasteiger partial charge < -0.3 is 10.0 Å².